The smallest absolute Gasteiger partial charge is 0.225 e. The average Bonchev–Trinajstić information content (AvgIpc) is 3.27. The molecule has 3 aromatic rings. The number of aromatic nitrogens is 6. The number of nitrogens with zero attached hydrogens (tertiary/aromatic N) is 6. The number of aryl methyl sites for hydroxylation is 4. The summed E-state index contributed by atoms with van der Waals surface area (Å²) < 4.78 is 4.53. The third kappa shape index (κ3) is 4.29. The van der Waals surface area contributed by atoms with Crippen LogP contribution < -0.4 is 10.6 Å². The van der Waals surface area contributed by atoms with Gasteiger partial charge in [-0.1, -0.05) is 13.8 Å². The molecular formula is C23H32N8. The third-order valence-corrected chi connectivity index (χ3v) is 6.25. The second kappa shape index (κ2) is 7.98. The third-order valence-electron chi connectivity index (χ3n) is 6.25. The summed E-state index contributed by atoms with van der Waals surface area (Å²) in [5.74, 6) is 4.33. The summed E-state index contributed by atoms with van der Waals surface area (Å²) in [6, 6.07) is 2.75. The largest absolute Gasteiger partial charge is 0.365 e. The van der Waals surface area contributed by atoms with Crippen molar-refractivity contribution in [1.82, 2.24) is 29.1 Å². The minimum Gasteiger partial charge on any atom is -0.365 e. The number of hydrogen-bond acceptors (Lipinski definition) is 6. The highest BCUT2D eigenvalue weighted by Gasteiger charge is 2.23. The second-order valence-electron chi connectivity index (χ2n) is 9.32. The van der Waals surface area contributed by atoms with Crippen molar-refractivity contribution in [2.75, 3.05) is 10.6 Å². The Morgan fingerprint density at radius 1 is 0.839 bits per heavy atom. The first kappa shape index (κ1) is 20.0. The highest BCUT2D eigenvalue weighted by atomic mass is 15.2. The zero-order valence-corrected chi connectivity index (χ0v) is 18.9. The summed E-state index contributed by atoms with van der Waals surface area (Å²) in [6.07, 6.45) is 8.36. The first-order valence-corrected chi connectivity index (χ1v) is 11.4. The summed E-state index contributed by atoms with van der Waals surface area (Å²) in [6.45, 7) is 10.3. The van der Waals surface area contributed by atoms with Crippen molar-refractivity contribution in [3.8, 4) is 0 Å². The molecule has 0 saturated carbocycles. The maximum absolute atomic E-state index is 4.84. The number of imidazole rings is 2. The molecule has 2 atom stereocenters. The van der Waals surface area contributed by atoms with Crippen LogP contribution in [0.1, 0.15) is 61.3 Å². The van der Waals surface area contributed by atoms with E-state index >= 15 is 0 Å². The molecule has 0 radical (unpaired) electrons. The quantitative estimate of drug-likeness (QED) is 0.657. The highest BCUT2D eigenvalue weighted by Crippen LogP contribution is 2.23. The van der Waals surface area contributed by atoms with Crippen LogP contribution in [-0.4, -0.2) is 41.2 Å². The molecule has 2 aliphatic heterocycles. The molecule has 0 fully saturated rings. The standard InChI is InChI=1S/C23H32N8/c1-14(2)19-9-20(26-17-5-7-21-24-15(3)10-30(21)12-17)29-23(28-19)27-18-6-8-22-25-16(4)11-31(22)13-18/h9-11,14,17-18H,5-8,12-13H2,1-4H3,(H2,26,27,28,29). The van der Waals surface area contributed by atoms with Crippen molar-refractivity contribution in [2.45, 2.75) is 84.5 Å². The van der Waals surface area contributed by atoms with Crippen LogP contribution in [-0.2, 0) is 25.9 Å². The Bertz CT molecular complexity index is 1000. The van der Waals surface area contributed by atoms with Gasteiger partial charge in [-0.25, -0.2) is 15.0 Å². The molecular weight excluding hydrogens is 388 g/mol. The van der Waals surface area contributed by atoms with Crippen LogP contribution in [0.2, 0.25) is 0 Å². The van der Waals surface area contributed by atoms with Crippen LogP contribution >= 0.6 is 0 Å². The van der Waals surface area contributed by atoms with Crippen molar-refractivity contribution in [3.63, 3.8) is 0 Å². The zero-order chi connectivity index (χ0) is 21.5. The first-order chi connectivity index (χ1) is 14.9. The first-order valence-electron chi connectivity index (χ1n) is 11.4. The van der Waals surface area contributed by atoms with Gasteiger partial charge in [0.15, 0.2) is 0 Å². The van der Waals surface area contributed by atoms with Crippen molar-refractivity contribution in [3.05, 3.63) is 47.2 Å². The maximum Gasteiger partial charge on any atom is 0.225 e. The molecule has 5 heterocycles. The Morgan fingerprint density at radius 2 is 1.42 bits per heavy atom. The summed E-state index contributed by atoms with van der Waals surface area (Å²) in [4.78, 5) is 18.9. The van der Waals surface area contributed by atoms with Crippen molar-refractivity contribution in [2.24, 2.45) is 0 Å². The summed E-state index contributed by atoms with van der Waals surface area (Å²) in [5, 5.41) is 7.26. The van der Waals surface area contributed by atoms with Crippen LogP contribution in [0.3, 0.4) is 0 Å². The summed E-state index contributed by atoms with van der Waals surface area (Å²) in [7, 11) is 0. The van der Waals surface area contributed by atoms with E-state index in [2.05, 4.69) is 75.9 Å². The SMILES string of the molecule is Cc1cn2c(n1)CCC(Nc1cc(C(C)C)nc(NC3CCc4nc(C)cn4C3)n1)C2. The molecule has 164 valence electrons. The molecule has 0 aromatic carbocycles. The Kier molecular flexibility index (Phi) is 5.16. The summed E-state index contributed by atoms with van der Waals surface area (Å²) >= 11 is 0. The lowest BCUT2D eigenvalue weighted by Crippen LogP contribution is -2.33. The Hall–Kier alpha value is -2.90. The number of anilines is 2. The van der Waals surface area contributed by atoms with Crippen LogP contribution in [0.5, 0.6) is 0 Å². The molecule has 0 bridgehead atoms. The van der Waals surface area contributed by atoms with Gasteiger partial charge in [0.1, 0.15) is 17.5 Å². The van der Waals surface area contributed by atoms with Crippen molar-refractivity contribution in [1.29, 1.82) is 0 Å². The number of nitrogens with one attached hydrogen (secondary N) is 2. The van der Waals surface area contributed by atoms with E-state index in [4.69, 9.17) is 9.97 Å². The Balaban J connectivity index is 1.32. The van der Waals surface area contributed by atoms with Crippen LogP contribution in [0.4, 0.5) is 11.8 Å². The minimum absolute atomic E-state index is 0.308. The van der Waals surface area contributed by atoms with E-state index in [0.29, 0.717) is 23.9 Å². The lowest BCUT2D eigenvalue weighted by atomic mass is 10.1. The van der Waals surface area contributed by atoms with Gasteiger partial charge < -0.3 is 19.8 Å². The van der Waals surface area contributed by atoms with Gasteiger partial charge in [0.05, 0.1) is 17.1 Å². The van der Waals surface area contributed by atoms with E-state index in [1.807, 2.05) is 0 Å². The van der Waals surface area contributed by atoms with Gasteiger partial charge in [0.2, 0.25) is 5.95 Å². The molecule has 3 aromatic heterocycles. The molecule has 2 N–H and O–H groups in total. The minimum atomic E-state index is 0.308. The van der Waals surface area contributed by atoms with E-state index < -0.39 is 0 Å². The average molecular weight is 421 g/mol. The molecule has 0 spiro atoms. The molecule has 31 heavy (non-hydrogen) atoms. The second-order valence-corrected chi connectivity index (χ2v) is 9.32. The molecule has 2 unspecified atom stereocenters. The number of fused-ring (bicyclic) bond motifs is 2. The van der Waals surface area contributed by atoms with E-state index in [1.165, 1.54) is 11.6 Å². The van der Waals surface area contributed by atoms with Gasteiger partial charge in [-0.05, 0) is 32.6 Å². The monoisotopic (exact) mass is 420 g/mol. The predicted molar refractivity (Wildman–Crippen MR) is 122 cm³/mol. The maximum atomic E-state index is 4.84. The molecule has 0 amide bonds. The van der Waals surface area contributed by atoms with E-state index in [9.17, 15) is 0 Å². The molecule has 8 nitrogen and oxygen atoms in total. The number of rotatable bonds is 5. The lowest BCUT2D eigenvalue weighted by Gasteiger charge is -2.27. The van der Waals surface area contributed by atoms with Gasteiger partial charge in [0.25, 0.3) is 0 Å². The Labute approximate surface area is 183 Å². The van der Waals surface area contributed by atoms with Gasteiger partial charge >= 0.3 is 0 Å². The van der Waals surface area contributed by atoms with Crippen LogP contribution in [0.25, 0.3) is 0 Å². The molecule has 5 rings (SSSR count). The van der Waals surface area contributed by atoms with Gasteiger partial charge in [-0.2, -0.15) is 4.98 Å². The molecule has 2 aliphatic rings. The fourth-order valence-corrected chi connectivity index (χ4v) is 4.70. The van der Waals surface area contributed by atoms with E-state index in [-0.39, 0.29) is 0 Å². The molecule has 0 aliphatic carbocycles. The van der Waals surface area contributed by atoms with Crippen LogP contribution in [0.15, 0.2) is 18.5 Å². The summed E-state index contributed by atoms with van der Waals surface area (Å²) in [5.41, 5.74) is 3.24. The fourth-order valence-electron chi connectivity index (χ4n) is 4.70. The fraction of sp³-hybridized carbons (Fsp3) is 0.565. The lowest BCUT2D eigenvalue weighted by molar-refractivity contribution is 0.472. The van der Waals surface area contributed by atoms with Gasteiger partial charge in [0, 0.05) is 56.5 Å². The Morgan fingerprint density at radius 3 is 2.00 bits per heavy atom. The highest BCUT2D eigenvalue weighted by molar-refractivity contribution is 5.44. The predicted octanol–water partition coefficient (Wildman–Crippen LogP) is 3.46. The molecule has 0 saturated heterocycles. The normalized spacial score (nSPS) is 20.4. The van der Waals surface area contributed by atoms with Crippen molar-refractivity contribution >= 4 is 11.8 Å². The van der Waals surface area contributed by atoms with Crippen molar-refractivity contribution < 1.29 is 0 Å². The topological polar surface area (TPSA) is 85.5 Å². The van der Waals surface area contributed by atoms with E-state index in [0.717, 1.165) is 61.7 Å². The van der Waals surface area contributed by atoms with Crippen LogP contribution in [0, 0.1) is 13.8 Å². The number of hydrogen-bond donors (Lipinski definition) is 2. The van der Waals surface area contributed by atoms with Gasteiger partial charge in [-0.15, -0.1) is 0 Å². The van der Waals surface area contributed by atoms with Gasteiger partial charge in [-0.3, -0.25) is 0 Å². The zero-order valence-electron chi connectivity index (χ0n) is 18.9. The van der Waals surface area contributed by atoms with E-state index in [1.54, 1.807) is 0 Å². The molecule has 8 heteroatoms.